The van der Waals surface area contributed by atoms with Crippen LogP contribution < -0.4 is 5.32 Å². The van der Waals surface area contributed by atoms with Crippen LogP contribution in [0.25, 0.3) is 6.08 Å². The van der Waals surface area contributed by atoms with E-state index in [9.17, 15) is 9.18 Å². The molecule has 1 amide bonds. The van der Waals surface area contributed by atoms with E-state index in [1.54, 1.807) is 24.4 Å². The van der Waals surface area contributed by atoms with Gasteiger partial charge in [-0.3, -0.25) is 4.79 Å². The lowest BCUT2D eigenvalue weighted by atomic mass is 10.2. The van der Waals surface area contributed by atoms with E-state index >= 15 is 0 Å². The van der Waals surface area contributed by atoms with Crippen LogP contribution in [0.15, 0.2) is 47.2 Å². The van der Waals surface area contributed by atoms with Gasteiger partial charge in [-0.15, -0.1) is 0 Å². The van der Waals surface area contributed by atoms with Crippen LogP contribution in [-0.2, 0) is 4.79 Å². The Morgan fingerprint density at radius 3 is 2.70 bits per heavy atom. The molecule has 1 heterocycles. The Bertz CT molecular complexity index is 653. The highest BCUT2D eigenvalue weighted by Gasteiger charge is 2.01. The van der Waals surface area contributed by atoms with Gasteiger partial charge in [-0.25, -0.2) is 9.37 Å². The predicted octanol–water partition coefficient (Wildman–Crippen LogP) is 3.94. The maximum Gasteiger partial charge on any atom is 0.248 e. The van der Waals surface area contributed by atoms with Crippen molar-refractivity contribution in [3.05, 3.63) is 64.2 Å². The maximum atomic E-state index is 12.7. The number of hydrogen-bond acceptors (Lipinski definition) is 2. The number of halogens is 2. The summed E-state index contributed by atoms with van der Waals surface area (Å²) in [6.45, 7) is 1.89. The molecule has 0 saturated heterocycles. The second-order valence-electron chi connectivity index (χ2n) is 4.21. The lowest BCUT2D eigenvalue weighted by Gasteiger charge is -2.03. The summed E-state index contributed by atoms with van der Waals surface area (Å²) in [4.78, 5) is 15.8. The van der Waals surface area contributed by atoms with Gasteiger partial charge in [-0.1, -0.05) is 12.1 Å². The Morgan fingerprint density at radius 1 is 1.35 bits per heavy atom. The molecule has 1 N–H and O–H groups in total. The van der Waals surface area contributed by atoms with E-state index in [2.05, 4.69) is 26.2 Å². The lowest BCUT2D eigenvalue weighted by Crippen LogP contribution is -2.08. The number of hydrogen-bond donors (Lipinski definition) is 1. The number of nitrogens with zero attached hydrogens (tertiary/aromatic N) is 1. The van der Waals surface area contributed by atoms with E-state index in [1.165, 1.54) is 18.2 Å². The zero-order chi connectivity index (χ0) is 14.5. The Labute approximate surface area is 124 Å². The molecule has 0 radical (unpaired) electrons. The van der Waals surface area contributed by atoms with Gasteiger partial charge in [0.05, 0.1) is 11.9 Å². The van der Waals surface area contributed by atoms with E-state index in [0.29, 0.717) is 5.69 Å². The molecule has 2 aromatic rings. The summed E-state index contributed by atoms with van der Waals surface area (Å²) >= 11 is 3.29. The van der Waals surface area contributed by atoms with Crippen molar-refractivity contribution < 1.29 is 9.18 Å². The highest BCUT2D eigenvalue weighted by molar-refractivity contribution is 9.10. The van der Waals surface area contributed by atoms with Crippen LogP contribution in [0.2, 0.25) is 0 Å². The fourth-order valence-electron chi connectivity index (χ4n) is 1.56. The number of carbonyl (C=O) groups excluding carboxylic acids is 1. The van der Waals surface area contributed by atoms with Gasteiger partial charge in [0, 0.05) is 6.08 Å². The standard InChI is InChI=1S/C15H12BrFN2O/c1-10-8-13(9-18-15(10)16)19-14(20)7-4-11-2-5-12(17)6-3-11/h2-9H,1H3,(H,19,20)/b7-4+. The molecule has 5 heteroatoms. The van der Waals surface area contributed by atoms with E-state index in [0.717, 1.165) is 15.7 Å². The molecule has 0 spiro atoms. The summed E-state index contributed by atoms with van der Waals surface area (Å²) in [5.74, 6) is -0.569. The van der Waals surface area contributed by atoms with Crippen molar-refractivity contribution in [3.63, 3.8) is 0 Å². The lowest BCUT2D eigenvalue weighted by molar-refractivity contribution is -0.111. The predicted molar refractivity (Wildman–Crippen MR) is 80.7 cm³/mol. The summed E-state index contributed by atoms with van der Waals surface area (Å²) < 4.78 is 13.5. The van der Waals surface area contributed by atoms with Crippen LogP contribution in [0, 0.1) is 12.7 Å². The molecule has 0 aliphatic rings. The van der Waals surface area contributed by atoms with Gasteiger partial charge in [0.15, 0.2) is 0 Å². The number of aryl methyl sites for hydroxylation is 1. The monoisotopic (exact) mass is 334 g/mol. The number of pyridine rings is 1. The molecule has 0 fully saturated rings. The van der Waals surface area contributed by atoms with Crippen LogP contribution in [0.3, 0.4) is 0 Å². The Balaban J connectivity index is 2.01. The molecule has 0 atom stereocenters. The molecule has 2 rings (SSSR count). The van der Waals surface area contributed by atoms with E-state index < -0.39 is 0 Å². The molecule has 0 unspecified atom stereocenters. The van der Waals surface area contributed by atoms with Gasteiger partial charge in [0.1, 0.15) is 10.4 Å². The summed E-state index contributed by atoms with van der Waals surface area (Å²) in [5, 5.41) is 2.71. The first-order valence-corrected chi connectivity index (χ1v) is 6.70. The number of amides is 1. The molecule has 3 nitrogen and oxygen atoms in total. The average Bonchev–Trinajstić information content (AvgIpc) is 2.42. The summed E-state index contributed by atoms with van der Waals surface area (Å²) in [6.07, 6.45) is 4.58. The van der Waals surface area contributed by atoms with Gasteiger partial charge in [0.25, 0.3) is 0 Å². The third kappa shape index (κ3) is 3.99. The first kappa shape index (κ1) is 14.4. The second kappa shape index (κ2) is 6.43. The number of anilines is 1. The van der Waals surface area contributed by atoms with Crippen molar-refractivity contribution >= 4 is 33.6 Å². The van der Waals surface area contributed by atoms with Crippen LogP contribution in [-0.4, -0.2) is 10.9 Å². The first-order chi connectivity index (χ1) is 9.54. The molecule has 0 aliphatic carbocycles. The second-order valence-corrected chi connectivity index (χ2v) is 4.96. The zero-order valence-electron chi connectivity index (χ0n) is 10.7. The van der Waals surface area contributed by atoms with Crippen LogP contribution in [0.4, 0.5) is 10.1 Å². The zero-order valence-corrected chi connectivity index (χ0v) is 12.3. The number of nitrogens with one attached hydrogen (secondary N) is 1. The fourth-order valence-corrected chi connectivity index (χ4v) is 1.77. The molecule has 1 aromatic carbocycles. The van der Waals surface area contributed by atoms with Gasteiger partial charge < -0.3 is 5.32 Å². The molecule has 0 saturated carbocycles. The number of aromatic nitrogens is 1. The largest absolute Gasteiger partial charge is 0.321 e. The van der Waals surface area contributed by atoms with Crippen molar-refractivity contribution in [3.8, 4) is 0 Å². The molecule has 0 bridgehead atoms. The maximum absolute atomic E-state index is 12.7. The minimum atomic E-state index is -0.303. The number of rotatable bonds is 3. The quantitative estimate of drug-likeness (QED) is 0.682. The van der Waals surface area contributed by atoms with Gasteiger partial charge >= 0.3 is 0 Å². The fraction of sp³-hybridized carbons (Fsp3) is 0.0667. The molecule has 20 heavy (non-hydrogen) atoms. The summed E-state index contributed by atoms with van der Waals surface area (Å²) in [5.41, 5.74) is 2.32. The minimum absolute atomic E-state index is 0.266. The number of benzene rings is 1. The molecular weight excluding hydrogens is 323 g/mol. The van der Waals surface area contributed by atoms with E-state index in [-0.39, 0.29) is 11.7 Å². The normalized spacial score (nSPS) is 10.8. The minimum Gasteiger partial charge on any atom is -0.321 e. The number of carbonyl (C=O) groups is 1. The van der Waals surface area contributed by atoms with E-state index in [4.69, 9.17) is 0 Å². The highest BCUT2D eigenvalue weighted by Crippen LogP contribution is 2.16. The Kier molecular flexibility index (Phi) is 4.63. The van der Waals surface area contributed by atoms with Crippen molar-refractivity contribution in [2.24, 2.45) is 0 Å². The molecular formula is C15H12BrFN2O. The average molecular weight is 335 g/mol. The van der Waals surface area contributed by atoms with Crippen LogP contribution in [0.1, 0.15) is 11.1 Å². The van der Waals surface area contributed by atoms with E-state index in [1.807, 2.05) is 13.0 Å². The third-order valence-corrected chi connectivity index (χ3v) is 3.41. The molecule has 102 valence electrons. The van der Waals surface area contributed by atoms with Gasteiger partial charge in [0.2, 0.25) is 5.91 Å². The molecule has 0 aliphatic heterocycles. The van der Waals surface area contributed by atoms with Crippen LogP contribution in [0.5, 0.6) is 0 Å². The van der Waals surface area contributed by atoms with Crippen LogP contribution >= 0.6 is 15.9 Å². The Morgan fingerprint density at radius 2 is 2.05 bits per heavy atom. The summed E-state index contributed by atoms with van der Waals surface area (Å²) in [7, 11) is 0. The Hall–Kier alpha value is -2.01. The van der Waals surface area contributed by atoms with Gasteiger partial charge in [-0.2, -0.15) is 0 Å². The van der Waals surface area contributed by atoms with Crippen molar-refractivity contribution in [2.45, 2.75) is 6.92 Å². The third-order valence-electron chi connectivity index (χ3n) is 2.58. The molecule has 1 aromatic heterocycles. The van der Waals surface area contributed by atoms with Crippen molar-refractivity contribution in [2.75, 3.05) is 5.32 Å². The van der Waals surface area contributed by atoms with Crippen molar-refractivity contribution in [1.29, 1.82) is 0 Å². The first-order valence-electron chi connectivity index (χ1n) is 5.91. The van der Waals surface area contributed by atoms with Crippen molar-refractivity contribution in [1.82, 2.24) is 4.98 Å². The van der Waals surface area contributed by atoms with Gasteiger partial charge in [-0.05, 0) is 58.3 Å². The summed E-state index contributed by atoms with van der Waals surface area (Å²) in [6, 6.07) is 7.72. The topological polar surface area (TPSA) is 42.0 Å². The highest BCUT2D eigenvalue weighted by atomic mass is 79.9. The smallest absolute Gasteiger partial charge is 0.248 e. The SMILES string of the molecule is Cc1cc(NC(=O)/C=C/c2ccc(F)cc2)cnc1Br.